The first kappa shape index (κ1) is 5.27. The minimum absolute atomic E-state index is 1.02. The highest BCUT2D eigenvalue weighted by Gasteiger charge is 2.29. The van der Waals surface area contributed by atoms with Crippen molar-refractivity contribution in [1.82, 2.24) is 0 Å². The molecule has 44 valence electrons. The van der Waals surface area contributed by atoms with E-state index in [2.05, 4.69) is 22.6 Å². The van der Waals surface area contributed by atoms with E-state index in [1.807, 2.05) is 0 Å². The number of rotatable bonds is 1. The van der Waals surface area contributed by atoms with Crippen LogP contribution < -0.4 is 0 Å². The van der Waals surface area contributed by atoms with Crippen LogP contribution in [0.4, 0.5) is 0 Å². The molecule has 0 aromatic heterocycles. The van der Waals surface area contributed by atoms with E-state index in [4.69, 9.17) is 0 Å². The van der Waals surface area contributed by atoms with Crippen molar-refractivity contribution in [3.8, 4) is 0 Å². The monoisotopic (exact) mass is 220 g/mol. The second-order valence-electron chi connectivity index (χ2n) is 2.73. The number of hydrogen-bond acceptors (Lipinski definition) is 0. The fraction of sp³-hybridized carbons (Fsp3) is 0.714. The van der Waals surface area contributed by atoms with Crippen molar-refractivity contribution in [1.29, 1.82) is 0 Å². The molecule has 2 aliphatic carbocycles. The third-order valence-corrected chi connectivity index (χ3v) is 3.42. The lowest BCUT2D eigenvalue weighted by molar-refractivity contribution is 1.10. The van der Waals surface area contributed by atoms with Gasteiger partial charge in [0, 0.05) is 0 Å². The van der Waals surface area contributed by atoms with Crippen molar-refractivity contribution in [3.05, 3.63) is 9.15 Å². The van der Waals surface area contributed by atoms with Gasteiger partial charge in [-0.3, -0.25) is 0 Å². The van der Waals surface area contributed by atoms with Crippen molar-refractivity contribution in [3.63, 3.8) is 0 Å². The summed E-state index contributed by atoms with van der Waals surface area (Å²) in [6.45, 7) is 0. The summed E-state index contributed by atoms with van der Waals surface area (Å²) in [7, 11) is 0. The number of allylic oxidation sites excluding steroid dienone is 2. The highest BCUT2D eigenvalue weighted by atomic mass is 127. The molecule has 2 aliphatic rings. The molecular weight excluding hydrogens is 211 g/mol. The fourth-order valence-corrected chi connectivity index (χ4v) is 2.09. The molecule has 2 saturated carbocycles. The average molecular weight is 220 g/mol. The molecule has 0 aliphatic heterocycles. The molecule has 8 heavy (non-hydrogen) atoms. The molecule has 0 nitrogen and oxygen atoms in total. The Morgan fingerprint density at radius 1 is 1.38 bits per heavy atom. The van der Waals surface area contributed by atoms with Crippen molar-refractivity contribution in [2.75, 3.05) is 0 Å². The minimum Gasteiger partial charge on any atom is -0.0600 e. The van der Waals surface area contributed by atoms with Gasteiger partial charge in [-0.15, -0.1) is 0 Å². The Balaban J connectivity index is 2.12. The molecule has 0 bridgehead atoms. The van der Waals surface area contributed by atoms with Crippen molar-refractivity contribution < 1.29 is 0 Å². The third kappa shape index (κ3) is 0.925. The maximum Gasteiger partial charge on any atom is -0.00708 e. The predicted molar refractivity (Wildman–Crippen MR) is 43.0 cm³/mol. The van der Waals surface area contributed by atoms with Crippen molar-refractivity contribution in [2.45, 2.75) is 25.7 Å². The van der Waals surface area contributed by atoms with E-state index < -0.39 is 0 Å². The van der Waals surface area contributed by atoms with Crippen LogP contribution in [0.15, 0.2) is 9.15 Å². The summed E-state index contributed by atoms with van der Waals surface area (Å²) >= 11 is 2.53. The van der Waals surface area contributed by atoms with Crippen LogP contribution in [0, 0.1) is 5.92 Å². The molecule has 1 heteroatoms. The van der Waals surface area contributed by atoms with E-state index in [-0.39, 0.29) is 0 Å². The van der Waals surface area contributed by atoms with Gasteiger partial charge in [0.1, 0.15) is 0 Å². The third-order valence-electron chi connectivity index (χ3n) is 1.77. The lowest BCUT2D eigenvalue weighted by Crippen LogP contribution is -1.69. The van der Waals surface area contributed by atoms with E-state index >= 15 is 0 Å². The van der Waals surface area contributed by atoms with Crippen LogP contribution in [-0.2, 0) is 0 Å². The van der Waals surface area contributed by atoms with Gasteiger partial charge in [0.05, 0.1) is 0 Å². The molecule has 0 heterocycles. The zero-order valence-corrected chi connectivity index (χ0v) is 6.94. The van der Waals surface area contributed by atoms with Crippen molar-refractivity contribution in [2.24, 2.45) is 5.92 Å². The molecule has 0 amide bonds. The van der Waals surface area contributed by atoms with Crippen LogP contribution in [0.1, 0.15) is 25.7 Å². The minimum atomic E-state index is 1.02. The molecule has 0 atom stereocenters. The first-order valence-corrected chi connectivity index (χ1v) is 4.33. The Kier molecular flexibility index (Phi) is 1.14. The molecule has 0 N–H and O–H groups in total. The van der Waals surface area contributed by atoms with E-state index in [0.717, 1.165) is 5.92 Å². The molecule has 0 radical (unpaired) electrons. The Hall–Kier alpha value is 0.470. The van der Waals surface area contributed by atoms with Crippen LogP contribution in [0.2, 0.25) is 0 Å². The Morgan fingerprint density at radius 2 is 2.00 bits per heavy atom. The van der Waals surface area contributed by atoms with Crippen LogP contribution in [0.3, 0.4) is 0 Å². The zero-order valence-electron chi connectivity index (χ0n) is 4.78. The first-order valence-electron chi connectivity index (χ1n) is 3.25. The summed E-state index contributed by atoms with van der Waals surface area (Å²) in [6.07, 6.45) is 5.77. The topological polar surface area (TPSA) is 0 Å². The summed E-state index contributed by atoms with van der Waals surface area (Å²) < 4.78 is 1.71. The Morgan fingerprint density at radius 3 is 2.38 bits per heavy atom. The molecule has 0 aromatic rings. The van der Waals surface area contributed by atoms with Crippen LogP contribution >= 0.6 is 22.6 Å². The Labute approximate surface area is 63.5 Å². The summed E-state index contributed by atoms with van der Waals surface area (Å²) in [5.41, 5.74) is 1.76. The van der Waals surface area contributed by atoms with Crippen LogP contribution in [-0.4, -0.2) is 0 Å². The van der Waals surface area contributed by atoms with Gasteiger partial charge in [0.25, 0.3) is 0 Å². The summed E-state index contributed by atoms with van der Waals surface area (Å²) in [6, 6.07) is 0. The van der Waals surface area contributed by atoms with Gasteiger partial charge < -0.3 is 0 Å². The highest BCUT2D eigenvalue weighted by molar-refractivity contribution is 14.1. The quantitative estimate of drug-likeness (QED) is 0.596. The largest absolute Gasteiger partial charge is 0.0600 e. The second-order valence-corrected chi connectivity index (χ2v) is 3.89. The van der Waals surface area contributed by atoms with E-state index in [1.54, 1.807) is 9.15 Å². The van der Waals surface area contributed by atoms with Gasteiger partial charge >= 0.3 is 0 Å². The maximum absolute atomic E-state index is 2.53. The van der Waals surface area contributed by atoms with E-state index in [0.29, 0.717) is 0 Å². The Bertz CT molecular complexity index is 136. The molecule has 0 spiro atoms. The lowest BCUT2D eigenvalue weighted by Gasteiger charge is -1.87. The normalized spacial score (nSPS) is 25.9. The smallest absolute Gasteiger partial charge is 0.00708 e. The van der Waals surface area contributed by atoms with E-state index in [1.165, 1.54) is 25.7 Å². The summed E-state index contributed by atoms with van der Waals surface area (Å²) in [4.78, 5) is 0. The van der Waals surface area contributed by atoms with Crippen LogP contribution in [0.5, 0.6) is 0 Å². The fourth-order valence-electron chi connectivity index (χ4n) is 0.927. The average Bonchev–Trinajstić information content (AvgIpc) is 2.63. The summed E-state index contributed by atoms with van der Waals surface area (Å²) in [5.74, 6) is 1.02. The molecule has 2 fully saturated rings. The van der Waals surface area contributed by atoms with Crippen molar-refractivity contribution >= 4 is 22.6 Å². The molecule has 2 rings (SSSR count). The summed E-state index contributed by atoms with van der Waals surface area (Å²) in [5, 5.41) is 0. The van der Waals surface area contributed by atoms with Gasteiger partial charge in [0.15, 0.2) is 0 Å². The lowest BCUT2D eigenvalue weighted by atomic mass is 10.4. The number of hydrogen-bond donors (Lipinski definition) is 0. The predicted octanol–water partition coefficient (Wildman–Crippen LogP) is 2.88. The molecule has 0 aromatic carbocycles. The SMILES string of the molecule is IC(=C1CC1)C1CC1. The first-order chi connectivity index (χ1) is 3.88. The molecule has 0 unspecified atom stereocenters. The van der Waals surface area contributed by atoms with Gasteiger partial charge in [0.2, 0.25) is 0 Å². The molecular formula is C7H9I. The standard InChI is InChI=1S/C7H9I/c8-7(5-1-2-5)6-3-4-6/h5H,1-4H2. The second kappa shape index (κ2) is 1.72. The van der Waals surface area contributed by atoms with Crippen LogP contribution in [0.25, 0.3) is 0 Å². The maximum atomic E-state index is 2.53. The van der Waals surface area contributed by atoms with Gasteiger partial charge in [-0.1, -0.05) is 5.57 Å². The van der Waals surface area contributed by atoms with E-state index in [9.17, 15) is 0 Å². The van der Waals surface area contributed by atoms with Gasteiger partial charge in [-0.2, -0.15) is 0 Å². The zero-order chi connectivity index (χ0) is 5.56. The molecule has 0 saturated heterocycles. The number of halogens is 1. The highest BCUT2D eigenvalue weighted by Crippen LogP contribution is 2.47. The van der Waals surface area contributed by atoms with Gasteiger partial charge in [-0.25, -0.2) is 0 Å². The van der Waals surface area contributed by atoms with Gasteiger partial charge in [-0.05, 0) is 57.8 Å².